The van der Waals surface area contributed by atoms with Crippen molar-refractivity contribution in [1.82, 2.24) is 10.2 Å². The van der Waals surface area contributed by atoms with Gasteiger partial charge >= 0.3 is 18.9 Å². The summed E-state index contributed by atoms with van der Waals surface area (Å²) < 4.78 is 14.3. The first-order valence-corrected chi connectivity index (χ1v) is 9.76. The van der Waals surface area contributed by atoms with Gasteiger partial charge in [-0.3, -0.25) is 9.69 Å². The summed E-state index contributed by atoms with van der Waals surface area (Å²) in [5, 5.41) is 13.9. The number of carbonyl (C=O) groups excluding carboxylic acids is 2. The summed E-state index contributed by atoms with van der Waals surface area (Å²) in [4.78, 5) is 25.9. The van der Waals surface area contributed by atoms with Crippen molar-refractivity contribution in [2.24, 2.45) is 0 Å². The summed E-state index contributed by atoms with van der Waals surface area (Å²) in [5.41, 5.74) is 2.09. The maximum atomic E-state index is 14.3. The van der Waals surface area contributed by atoms with Crippen LogP contribution in [0.15, 0.2) is 48.5 Å². The Morgan fingerprint density at radius 3 is 2.37 bits per heavy atom. The van der Waals surface area contributed by atoms with E-state index in [2.05, 4.69) is 5.32 Å². The molecule has 3 atom stereocenters. The minimum atomic E-state index is -1.24. The number of hydrogen-bond acceptors (Lipinski definition) is 4. The molecule has 0 unspecified atom stereocenters. The van der Waals surface area contributed by atoms with Gasteiger partial charge < -0.3 is 15.2 Å². The molecule has 1 aliphatic rings. The van der Waals surface area contributed by atoms with E-state index in [1.54, 1.807) is 19.1 Å². The number of nitrogens with zero attached hydrogens (tertiary/aromatic N) is 1. The maximum Gasteiger partial charge on any atom is 1.00 e. The molecule has 0 spiro atoms. The summed E-state index contributed by atoms with van der Waals surface area (Å²) in [5.74, 6) is -1.48. The van der Waals surface area contributed by atoms with Crippen molar-refractivity contribution in [1.29, 1.82) is 0 Å². The second kappa shape index (κ2) is 9.78. The number of halogens is 1. The van der Waals surface area contributed by atoms with E-state index in [1.165, 1.54) is 12.1 Å². The minimum Gasteiger partial charge on any atom is -0.545 e. The predicted molar refractivity (Wildman–Crippen MR) is 107 cm³/mol. The number of carboxylic acid groups (broad SMARTS) is 1. The van der Waals surface area contributed by atoms with Gasteiger partial charge in [-0.25, -0.2) is 4.39 Å². The maximum absolute atomic E-state index is 14.3. The average Bonchev–Trinajstić information content (AvgIpc) is 2.98. The standard InChI is InChI=1S/C23H27FN2O3.Li/c1-15-4-6-17(7-5-15)13-26-14-20(24)12-23(26,3)22(29)25-16(2)18-8-10-19(11-9-18)21(27)28;/h4-11,16,20H,12-14H2,1-3H3,(H,25,29)(H,27,28);/q;+1/p-1/t16-,20-,23+;/m0./s1. The quantitative estimate of drug-likeness (QED) is 0.662. The normalized spacial score (nSPS) is 22.2. The first kappa shape index (κ1) is 24.1. The number of alkyl halides is 1. The molecule has 7 heteroatoms. The number of hydrogen-bond donors (Lipinski definition) is 1. The van der Waals surface area contributed by atoms with Gasteiger partial charge in [0.2, 0.25) is 5.91 Å². The van der Waals surface area contributed by atoms with Crippen molar-refractivity contribution in [2.75, 3.05) is 6.54 Å². The number of aromatic carboxylic acids is 1. The third-order valence-corrected chi connectivity index (χ3v) is 5.71. The van der Waals surface area contributed by atoms with Gasteiger partial charge in [0, 0.05) is 19.5 Å². The monoisotopic (exact) mass is 404 g/mol. The van der Waals surface area contributed by atoms with Crippen LogP contribution in [0.1, 0.15) is 53.4 Å². The van der Waals surface area contributed by atoms with Gasteiger partial charge in [-0.15, -0.1) is 0 Å². The van der Waals surface area contributed by atoms with E-state index in [0.29, 0.717) is 6.54 Å². The summed E-state index contributed by atoms with van der Waals surface area (Å²) in [6.07, 6.45) is -0.921. The number of nitrogens with one attached hydrogen (secondary N) is 1. The third-order valence-electron chi connectivity index (χ3n) is 5.71. The Hall–Kier alpha value is -2.13. The van der Waals surface area contributed by atoms with Gasteiger partial charge in [0.15, 0.2) is 0 Å². The van der Waals surface area contributed by atoms with Gasteiger partial charge in [0.25, 0.3) is 0 Å². The van der Waals surface area contributed by atoms with E-state index < -0.39 is 17.7 Å². The SMILES string of the molecule is Cc1ccc(CN2C[C@@H](F)C[C@]2(C)C(=O)N[C@@H](C)c2ccc(C(=O)[O-])cc2)cc1.[Li+]. The van der Waals surface area contributed by atoms with E-state index in [0.717, 1.165) is 16.7 Å². The fourth-order valence-corrected chi connectivity index (χ4v) is 3.80. The van der Waals surface area contributed by atoms with Crippen molar-refractivity contribution < 1.29 is 37.9 Å². The number of rotatable bonds is 6. The van der Waals surface area contributed by atoms with E-state index >= 15 is 0 Å². The number of likely N-dealkylation sites (tertiary alicyclic amines) is 1. The molecule has 2 aromatic rings. The van der Waals surface area contributed by atoms with Crippen LogP contribution in [-0.2, 0) is 11.3 Å². The van der Waals surface area contributed by atoms with Crippen LogP contribution < -0.4 is 29.3 Å². The molecule has 30 heavy (non-hydrogen) atoms. The Bertz CT molecular complexity index is 888. The molecular weight excluding hydrogens is 378 g/mol. The molecule has 1 saturated heterocycles. The van der Waals surface area contributed by atoms with Gasteiger partial charge in [0.1, 0.15) is 11.7 Å². The van der Waals surface area contributed by atoms with Crippen LogP contribution in [-0.4, -0.2) is 35.0 Å². The second-order valence-corrected chi connectivity index (χ2v) is 8.05. The molecule has 1 N–H and O–H groups in total. The zero-order valence-electron chi connectivity index (χ0n) is 17.9. The number of aryl methyl sites for hydroxylation is 1. The molecule has 0 saturated carbocycles. The predicted octanol–water partition coefficient (Wildman–Crippen LogP) is -0.458. The van der Waals surface area contributed by atoms with Gasteiger partial charge in [0.05, 0.1) is 12.0 Å². The van der Waals surface area contributed by atoms with Crippen LogP contribution in [0.3, 0.4) is 0 Å². The fraction of sp³-hybridized carbons (Fsp3) is 0.391. The van der Waals surface area contributed by atoms with Crippen molar-refractivity contribution in [3.05, 3.63) is 70.8 Å². The van der Waals surface area contributed by atoms with E-state index in [4.69, 9.17) is 0 Å². The van der Waals surface area contributed by atoms with Gasteiger partial charge in [-0.2, -0.15) is 0 Å². The second-order valence-electron chi connectivity index (χ2n) is 8.05. The smallest absolute Gasteiger partial charge is 0.545 e. The molecule has 154 valence electrons. The van der Waals surface area contributed by atoms with E-state index in [-0.39, 0.29) is 49.3 Å². The van der Waals surface area contributed by atoms with Crippen molar-refractivity contribution in [2.45, 2.75) is 51.5 Å². The van der Waals surface area contributed by atoms with E-state index in [1.807, 2.05) is 43.0 Å². The largest absolute Gasteiger partial charge is 1.00 e. The zero-order valence-corrected chi connectivity index (χ0v) is 17.9. The Labute approximate surface area is 188 Å². The minimum absolute atomic E-state index is 0. The summed E-state index contributed by atoms with van der Waals surface area (Å²) >= 11 is 0. The van der Waals surface area contributed by atoms with Crippen molar-refractivity contribution in [3.63, 3.8) is 0 Å². The average molecular weight is 404 g/mol. The zero-order chi connectivity index (χ0) is 21.2. The Morgan fingerprint density at radius 2 is 1.80 bits per heavy atom. The van der Waals surface area contributed by atoms with Crippen LogP contribution in [0.4, 0.5) is 4.39 Å². The van der Waals surface area contributed by atoms with Crippen molar-refractivity contribution in [3.8, 4) is 0 Å². The van der Waals surface area contributed by atoms with Gasteiger partial charge in [-0.05, 0) is 37.5 Å². The number of benzene rings is 2. The van der Waals surface area contributed by atoms with Crippen LogP contribution in [0.2, 0.25) is 0 Å². The Balaban J connectivity index is 0.00000320. The van der Waals surface area contributed by atoms with Crippen LogP contribution in [0.5, 0.6) is 0 Å². The molecule has 0 radical (unpaired) electrons. The van der Waals surface area contributed by atoms with Crippen LogP contribution >= 0.6 is 0 Å². The molecular formula is C23H26FLiN2O3. The van der Waals surface area contributed by atoms with Crippen molar-refractivity contribution >= 4 is 11.9 Å². The molecule has 1 fully saturated rings. The van der Waals surface area contributed by atoms with E-state index in [9.17, 15) is 19.1 Å². The fourth-order valence-electron chi connectivity index (χ4n) is 3.80. The summed E-state index contributed by atoms with van der Waals surface area (Å²) in [6.45, 7) is 6.32. The molecule has 3 rings (SSSR count). The topological polar surface area (TPSA) is 72.5 Å². The molecule has 2 aromatic carbocycles. The number of carboxylic acids is 1. The number of amides is 1. The third kappa shape index (κ3) is 5.31. The molecule has 0 bridgehead atoms. The van der Waals surface area contributed by atoms with Crippen LogP contribution in [0.25, 0.3) is 0 Å². The molecule has 0 aliphatic carbocycles. The first-order chi connectivity index (χ1) is 13.7. The molecule has 0 aromatic heterocycles. The Kier molecular flexibility index (Phi) is 7.87. The van der Waals surface area contributed by atoms with Crippen LogP contribution in [0, 0.1) is 6.92 Å². The molecule has 1 amide bonds. The Morgan fingerprint density at radius 1 is 1.20 bits per heavy atom. The van der Waals surface area contributed by atoms with Gasteiger partial charge in [-0.1, -0.05) is 54.1 Å². The summed E-state index contributed by atoms with van der Waals surface area (Å²) in [7, 11) is 0. The molecule has 1 aliphatic heterocycles. The number of carbonyl (C=O) groups is 2. The first-order valence-electron chi connectivity index (χ1n) is 9.76. The molecule has 1 heterocycles. The summed E-state index contributed by atoms with van der Waals surface area (Å²) in [6, 6.07) is 13.9. The molecule has 5 nitrogen and oxygen atoms in total.